The predicted octanol–water partition coefficient (Wildman–Crippen LogP) is 2.57. The molecule has 0 aliphatic carbocycles. The third-order valence-electron chi connectivity index (χ3n) is 3.76. The number of hydrogen-bond donors (Lipinski definition) is 1. The highest BCUT2D eigenvalue weighted by Gasteiger charge is 2.24. The fourth-order valence-corrected chi connectivity index (χ4v) is 3.01. The number of para-hydroxylation sites is 1. The van der Waals surface area contributed by atoms with Gasteiger partial charge in [0.1, 0.15) is 0 Å². The lowest BCUT2D eigenvalue weighted by atomic mass is 10.1. The van der Waals surface area contributed by atoms with Crippen LogP contribution in [0, 0.1) is 0 Å². The Morgan fingerprint density at radius 1 is 1.58 bits per heavy atom. The molecule has 0 aromatic heterocycles. The van der Waals surface area contributed by atoms with Gasteiger partial charge in [-0.1, -0.05) is 17.7 Å². The average molecular weight is 283 g/mol. The Hall–Kier alpha value is -1.26. The Labute approximate surface area is 118 Å². The van der Waals surface area contributed by atoms with E-state index in [4.69, 9.17) is 11.6 Å². The summed E-state index contributed by atoms with van der Waals surface area (Å²) in [6.45, 7) is 1.90. The van der Waals surface area contributed by atoms with Gasteiger partial charge in [0.15, 0.2) is 0 Å². The lowest BCUT2D eigenvalue weighted by molar-refractivity contribution is 0.0697. The van der Waals surface area contributed by atoms with Gasteiger partial charge < -0.3 is 14.9 Å². The van der Waals surface area contributed by atoms with Gasteiger partial charge in [-0.25, -0.2) is 4.79 Å². The number of nitrogens with zero attached hydrogens (tertiary/aromatic N) is 2. The summed E-state index contributed by atoms with van der Waals surface area (Å²) >= 11 is 6.17. The molecule has 1 atom stereocenters. The third kappa shape index (κ3) is 3.01. The van der Waals surface area contributed by atoms with E-state index in [1.165, 1.54) is 6.42 Å². The second-order valence-electron chi connectivity index (χ2n) is 5.10. The van der Waals surface area contributed by atoms with Crippen molar-refractivity contribution in [1.82, 2.24) is 4.90 Å². The van der Waals surface area contributed by atoms with Gasteiger partial charge in [0, 0.05) is 19.6 Å². The Morgan fingerprint density at radius 3 is 2.89 bits per heavy atom. The van der Waals surface area contributed by atoms with E-state index in [9.17, 15) is 9.90 Å². The summed E-state index contributed by atoms with van der Waals surface area (Å²) in [4.78, 5) is 15.6. The van der Waals surface area contributed by atoms with Gasteiger partial charge in [-0.2, -0.15) is 0 Å². The molecule has 0 bridgehead atoms. The van der Waals surface area contributed by atoms with E-state index >= 15 is 0 Å². The third-order valence-corrected chi connectivity index (χ3v) is 4.06. The van der Waals surface area contributed by atoms with Gasteiger partial charge in [-0.3, -0.25) is 0 Å². The van der Waals surface area contributed by atoms with Gasteiger partial charge in [0.05, 0.1) is 16.3 Å². The molecule has 2 rings (SSSR count). The molecule has 0 amide bonds. The van der Waals surface area contributed by atoms with E-state index in [0.29, 0.717) is 16.8 Å². The van der Waals surface area contributed by atoms with Crippen molar-refractivity contribution in [2.45, 2.75) is 18.9 Å². The number of benzene rings is 1. The zero-order chi connectivity index (χ0) is 14.0. The van der Waals surface area contributed by atoms with Gasteiger partial charge in [0.2, 0.25) is 0 Å². The largest absolute Gasteiger partial charge is 0.478 e. The highest BCUT2D eigenvalue weighted by molar-refractivity contribution is 6.34. The molecule has 4 nitrogen and oxygen atoms in total. The maximum atomic E-state index is 11.3. The molecule has 1 heterocycles. The molecule has 19 heavy (non-hydrogen) atoms. The van der Waals surface area contributed by atoms with Crippen molar-refractivity contribution < 1.29 is 9.90 Å². The Morgan fingerprint density at radius 2 is 2.32 bits per heavy atom. The summed E-state index contributed by atoms with van der Waals surface area (Å²) in [6.07, 6.45) is 2.34. The van der Waals surface area contributed by atoms with Crippen molar-refractivity contribution in [3.8, 4) is 0 Å². The van der Waals surface area contributed by atoms with Crippen molar-refractivity contribution >= 4 is 23.3 Å². The quantitative estimate of drug-likeness (QED) is 0.922. The van der Waals surface area contributed by atoms with Gasteiger partial charge in [0.25, 0.3) is 0 Å². The van der Waals surface area contributed by atoms with Crippen LogP contribution in [0.25, 0.3) is 0 Å². The van der Waals surface area contributed by atoms with Crippen LogP contribution < -0.4 is 4.90 Å². The summed E-state index contributed by atoms with van der Waals surface area (Å²) in [5, 5.41) is 9.75. The van der Waals surface area contributed by atoms with Crippen LogP contribution in [0.5, 0.6) is 0 Å². The van der Waals surface area contributed by atoms with E-state index in [1.807, 2.05) is 11.9 Å². The predicted molar refractivity (Wildman–Crippen MR) is 77.3 cm³/mol. The van der Waals surface area contributed by atoms with E-state index < -0.39 is 5.97 Å². The molecule has 1 fully saturated rings. The minimum absolute atomic E-state index is 0.260. The highest BCUT2D eigenvalue weighted by atomic mass is 35.5. The second kappa shape index (κ2) is 5.80. The van der Waals surface area contributed by atoms with E-state index in [0.717, 1.165) is 19.5 Å². The molecule has 1 aromatic carbocycles. The molecule has 1 aliphatic heterocycles. The summed E-state index contributed by atoms with van der Waals surface area (Å²) in [5.74, 6) is -0.941. The maximum absolute atomic E-state index is 11.3. The molecule has 0 spiro atoms. The van der Waals surface area contributed by atoms with Crippen LogP contribution in [0.4, 0.5) is 5.69 Å². The first-order valence-corrected chi connectivity index (χ1v) is 6.81. The topological polar surface area (TPSA) is 43.8 Å². The molecule has 0 radical (unpaired) electrons. The van der Waals surface area contributed by atoms with Crippen LogP contribution in [0.2, 0.25) is 5.02 Å². The minimum Gasteiger partial charge on any atom is -0.478 e. The van der Waals surface area contributed by atoms with Crippen molar-refractivity contribution in [3.05, 3.63) is 28.8 Å². The standard InChI is InChI=1S/C14H19ClN2O2/c1-16-8-4-5-10(16)9-17(2)13-11(14(18)19)6-3-7-12(13)15/h3,6-7,10H,4-5,8-9H2,1-2H3,(H,18,19). The Kier molecular flexibility index (Phi) is 4.32. The van der Waals surface area contributed by atoms with Crippen molar-refractivity contribution in [3.63, 3.8) is 0 Å². The minimum atomic E-state index is -0.941. The smallest absolute Gasteiger partial charge is 0.337 e. The summed E-state index contributed by atoms with van der Waals surface area (Å²) in [7, 11) is 4.01. The van der Waals surface area contributed by atoms with Crippen molar-refractivity contribution in [1.29, 1.82) is 0 Å². The molecule has 1 saturated heterocycles. The lowest BCUT2D eigenvalue weighted by Crippen LogP contribution is -2.37. The van der Waals surface area contributed by atoms with E-state index in [1.54, 1.807) is 18.2 Å². The highest BCUT2D eigenvalue weighted by Crippen LogP contribution is 2.30. The zero-order valence-electron chi connectivity index (χ0n) is 11.3. The number of carboxylic acids is 1. The van der Waals surface area contributed by atoms with Crippen LogP contribution in [-0.4, -0.2) is 49.2 Å². The second-order valence-corrected chi connectivity index (χ2v) is 5.51. The zero-order valence-corrected chi connectivity index (χ0v) is 12.0. The first-order chi connectivity index (χ1) is 9.00. The molecular weight excluding hydrogens is 264 g/mol. The first-order valence-electron chi connectivity index (χ1n) is 6.44. The molecule has 1 aliphatic rings. The number of aromatic carboxylic acids is 1. The van der Waals surface area contributed by atoms with Crippen molar-refractivity contribution in [2.75, 3.05) is 32.1 Å². The molecule has 1 aromatic rings. The number of halogens is 1. The number of carboxylic acid groups (broad SMARTS) is 1. The van der Waals surface area contributed by atoms with Crippen LogP contribution in [0.3, 0.4) is 0 Å². The van der Waals surface area contributed by atoms with Gasteiger partial charge >= 0.3 is 5.97 Å². The normalized spacial score (nSPS) is 19.6. The van der Waals surface area contributed by atoms with Gasteiger partial charge in [-0.05, 0) is 38.6 Å². The lowest BCUT2D eigenvalue weighted by Gasteiger charge is -2.28. The van der Waals surface area contributed by atoms with Gasteiger partial charge in [-0.15, -0.1) is 0 Å². The average Bonchev–Trinajstić information content (AvgIpc) is 2.74. The van der Waals surface area contributed by atoms with Crippen LogP contribution >= 0.6 is 11.6 Å². The summed E-state index contributed by atoms with van der Waals surface area (Å²) in [6, 6.07) is 5.46. The maximum Gasteiger partial charge on any atom is 0.337 e. The van der Waals surface area contributed by atoms with E-state index in [-0.39, 0.29) is 5.56 Å². The number of carbonyl (C=O) groups is 1. The fourth-order valence-electron chi connectivity index (χ4n) is 2.69. The molecule has 104 valence electrons. The van der Waals surface area contributed by atoms with Crippen LogP contribution in [0.15, 0.2) is 18.2 Å². The molecule has 1 N–H and O–H groups in total. The molecule has 0 saturated carbocycles. The van der Waals surface area contributed by atoms with Crippen molar-refractivity contribution in [2.24, 2.45) is 0 Å². The Bertz CT molecular complexity index is 479. The number of anilines is 1. The first kappa shape index (κ1) is 14.2. The monoisotopic (exact) mass is 282 g/mol. The Balaban J connectivity index is 2.23. The number of likely N-dealkylation sites (tertiary alicyclic amines) is 1. The van der Waals surface area contributed by atoms with E-state index in [2.05, 4.69) is 11.9 Å². The summed E-state index contributed by atoms with van der Waals surface area (Å²) < 4.78 is 0. The van der Waals surface area contributed by atoms with Crippen LogP contribution in [-0.2, 0) is 0 Å². The number of rotatable bonds is 4. The summed E-state index contributed by atoms with van der Waals surface area (Å²) in [5.41, 5.74) is 0.868. The number of likely N-dealkylation sites (N-methyl/N-ethyl adjacent to an activating group) is 2. The molecule has 5 heteroatoms. The fraction of sp³-hybridized carbons (Fsp3) is 0.500. The molecule has 1 unspecified atom stereocenters. The number of hydrogen-bond acceptors (Lipinski definition) is 3. The van der Waals surface area contributed by atoms with Crippen LogP contribution in [0.1, 0.15) is 23.2 Å². The SMILES string of the molecule is CN(CC1CCCN1C)c1c(Cl)cccc1C(=O)O. The molecular formula is C14H19ClN2O2.